The van der Waals surface area contributed by atoms with E-state index in [0.29, 0.717) is 4.34 Å². The average Bonchev–Trinajstić information content (AvgIpc) is 3.16. The maximum Gasteiger partial charge on any atom is 0.316 e. The van der Waals surface area contributed by atoms with Gasteiger partial charge in [0.15, 0.2) is 4.34 Å². The van der Waals surface area contributed by atoms with Gasteiger partial charge in [0.25, 0.3) is 5.69 Å². The van der Waals surface area contributed by atoms with Gasteiger partial charge in [0, 0.05) is 12.1 Å². The standard InChI is InChI=1S/C16H19N5O7S3/c1-4-12(14(23)17-15-18-19-16(30-15)29-9-13(22)28-2)20(31(3,26)27)10-6-5-7-11(8-10)21(24)25/h5-8,12H,4,9H2,1-3H3,(H,17,18,23)/t12-/m1/s1. The Bertz CT molecular complexity index is 1070. The first-order valence-electron chi connectivity index (χ1n) is 8.64. The summed E-state index contributed by atoms with van der Waals surface area (Å²) in [6.07, 6.45) is 0.999. The van der Waals surface area contributed by atoms with Crippen LogP contribution in [-0.2, 0) is 24.3 Å². The lowest BCUT2D eigenvalue weighted by atomic mass is 10.2. The van der Waals surface area contributed by atoms with Crippen molar-refractivity contribution in [1.29, 1.82) is 0 Å². The van der Waals surface area contributed by atoms with Crippen LogP contribution in [-0.4, -0.2) is 60.6 Å². The third-order valence-corrected chi connectivity index (χ3v) is 6.93. The number of rotatable bonds is 10. The first kappa shape index (κ1) is 24.5. The first-order valence-corrected chi connectivity index (χ1v) is 12.3. The third-order valence-electron chi connectivity index (χ3n) is 3.80. The second-order valence-electron chi connectivity index (χ2n) is 5.99. The van der Waals surface area contributed by atoms with Crippen LogP contribution in [0.1, 0.15) is 13.3 Å². The number of nitrogens with zero attached hydrogens (tertiary/aromatic N) is 4. The number of nitro groups is 1. The van der Waals surface area contributed by atoms with Crippen LogP contribution in [0.15, 0.2) is 28.6 Å². The van der Waals surface area contributed by atoms with Gasteiger partial charge in [-0.15, -0.1) is 10.2 Å². The summed E-state index contributed by atoms with van der Waals surface area (Å²) in [6, 6.07) is 3.83. The molecule has 1 atom stereocenters. The van der Waals surface area contributed by atoms with Gasteiger partial charge in [-0.25, -0.2) is 8.42 Å². The number of sulfonamides is 1. The number of nitro benzene ring substituents is 1. The summed E-state index contributed by atoms with van der Waals surface area (Å²) in [5.41, 5.74) is -0.317. The zero-order valence-electron chi connectivity index (χ0n) is 16.7. The molecule has 1 N–H and O–H groups in total. The highest BCUT2D eigenvalue weighted by atomic mass is 32.2. The fourth-order valence-corrected chi connectivity index (χ4v) is 5.28. The number of carbonyl (C=O) groups is 2. The smallest absolute Gasteiger partial charge is 0.316 e. The van der Waals surface area contributed by atoms with E-state index < -0.39 is 32.9 Å². The van der Waals surface area contributed by atoms with Gasteiger partial charge < -0.3 is 4.74 Å². The second kappa shape index (κ2) is 10.5. The molecule has 0 aliphatic rings. The fraction of sp³-hybridized carbons (Fsp3) is 0.375. The molecule has 0 aliphatic heterocycles. The Labute approximate surface area is 186 Å². The van der Waals surface area contributed by atoms with Crippen molar-refractivity contribution in [2.75, 3.05) is 28.7 Å². The monoisotopic (exact) mass is 489 g/mol. The van der Waals surface area contributed by atoms with E-state index in [1.165, 1.54) is 25.3 Å². The maximum absolute atomic E-state index is 12.9. The molecule has 0 fully saturated rings. The molecule has 15 heteroatoms. The van der Waals surface area contributed by atoms with Crippen molar-refractivity contribution in [2.24, 2.45) is 0 Å². The van der Waals surface area contributed by atoms with Gasteiger partial charge in [-0.3, -0.25) is 29.3 Å². The maximum atomic E-state index is 12.9. The van der Waals surface area contributed by atoms with Gasteiger partial charge >= 0.3 is 5.97 Å². The zero-order chi connectivity index (χ0) is 23.2. The number of amides is 1. The molecule has 0 saturated heterocycles. The van der Waals surface area contributed by atoms with Crippen LogP contribution in [0, 0.1) is 10.1 Å². The van der Waals surface area contributed by atoms with Crippen molar-refractivity contribution in [2.45, 2.75) is 23.7 Å². The predicted molar refractivity (Wildman–Crippen MR) is 116 cm³/mol. The minimum Gasteiger partial charge on any atom is -0.468 e. The number of aromatic nitrogens is 2. The molecule has 0 saturated carbocycles. The Hall–Kier alpha value is -2.78. The van der Waals surface area contributed by atoms with Gasteiger partial charge in [-0.1, -0.05) is 36.1 Å². The highest BCUT2D eigenvalue weighted by Gasteiger charge is 2.32. The van der Waals surface area contributed by atoms with Crippen LogP contribution in [0.25, 0.3) is 0 Å². The Balaban J connectivity index is 2.26. The predicted octanol–water partition coefficient (Wildman–Crippen LogP) is 1.89. The summed E-state index contributed by atoms with van der Waals surface area (Å²) in [5, 5.41) is 21.4. The van der Waals surface area contributed by atoms with Crippen molar-refractivity contribution < 1.29 is 27.7 Å². The molecule has 1 aromatic carbocycles. The molecular formula is C16H19N5O7S3. The fourth-order valence-electron chi connectivity index (χ4n) is 2.49. The normalized spacial score (nSPS) is 12.1. The highest BCUT2D eigenvalue weighted by Crippen LogP contribution is 2.28. The Morgan fingerprint density at radius 2 is 2.10 bits per heavy atom. The molecule has 0 bridgehead atoms. The average molecular weight is 490 g/mol. The Morgan fingerprint density at radius 1 is 1.39 bits per heavy atom. The molecule has 31 heavy (non-hydrogen) atoms. The van der Waals surface area contributed by atoms with Crippen molar-refractivity contribution in [3.05, 3.63) is 34.4 Å². The molecule has 1 amide bonds. The largest absolute Gasteiger partial charge is 0.468 e. The van der Waals surface area contributed by atoms with Crippen LogP contribution in [0.5, 0.6) is 0 Å². The number of thioether (sulfide) groups is 1. The summed E-state index contributed by atoms with van der Waals surface area (Å²) in [5.74, 6) is -1.11. The van der Waals surface area contributed by atoms with Crippen LogP contribution in [0.2, 0.25) is 0 Å². The number of nitrogens with one attached hydrogen (secondary N) is 1. The number of esters is 1. The van der Waals surface area contributed by atoms with E-state index in [1.807, 2.05) is 0 Å². The Kier molecular flexibility index (Phi) is 8.29. The molecule has 0 spiro atoms. The van der Waals surface area contributed by atoms with Crippen LogP contribution >= 0.6 is 23.1 Å². The number of ether oxygens (including phenoxy) is 1. The highest BCUT2D eigenvalue weighted by molar-refractivity contribution is 8.01. The SMILES string of the molecule is CC[C@H](C(=O)Nc1nnc(SCC(=O)OC)s1)N(c1cccc([N+](=O)[O-])c1)S(C)(=O)=O. The van der Waals surface area contributed by atoms with Gasteiger partial charge in [0.2, 0.25) is 21.1 Å². The lowest BCUT2D eigenvalue weighted by molar-refractivity contribution is -0.384. The topological polar surface area (TPSA) is 162 Å². The molecule has 1 heterocycles. The van der Waals surface area contributed by atoms with E-state index in [2.05, 4.69) is 20.3 Å². The second-order valence-corrected chi connectivity index (χ2v) is 10.0. The number of methoxy groups -OCH3 is 1. The number of carbonyl (C=O) groups excluding carboxylic acids is 2. The molecule has 1 aromatic heterocycles. The molecule has 0 radical (unpaired) electrons. The molecule has 2 aromatic rings. The van der Waals surface area contributed by atoms with E-state index >= 15 is 0 Å². The number of hydrogen-bond donors (Lipinski definition) is 1. The van der Waals surface area contributed by atoms with Gasteiger partial charge in [-0.05, 0) is 12.5 Å². The van der Waals surface area contributed by atoms with E-state index in [9.17, 15) is 28.1 Å². The van der Waals surface area contributed by atoms with Crippen LogP contribution < -0.4 is 9.62 Å². The van der Waals surface area contributed by atoms with Crippen molar-refractivity contribution >= 4 is 61.5 Å². The summed E-state index contributed by atoms with van der Waals surface area (Å²) in [6.45, 7) is 1.61. The lowest BCUT2D eigenvalue weighted by Crippen LogP contribution is -2.47. The summed E-state index contributed by atoms with van der Waals surface area (Å²) in [7, 11) is -2.70. The molecule has 168 valence electrons. The zero-order valence-corrected chi connectivity index (χ0v) is 19.1. The van der Waals surface area contributed by atoms with Crippen molar-refractivity contribution in [3.8, 4) is 0 Å². The van der Waals surface area contributed by atoms with E-state index in [0.717, 1.165) is 39.7 Å². The van der Waals surface area contributed by atoms with Gasteiger partial charge in [0.05, 0.1) is 29.7 Å². The van der Waals surface area contributed by atoms with Crippen LogP contribution in [0.4, 0.5) is 16.5 Å². The third kappa shape index (κ3) is 6.60. The summed E-state index contributed by atoms with van der Waals surface area (Å²) < 4.78 is 30.7. The van der Waals surface area contributed by atoms with Gasteiger partial charge in [-0.2, -0.15) is 0 Å². The van der Waals surface area contributed by atoms with Gasteiger partial charge in [0.1, 0.15) is 6.04 Å². The molecule has 0 unspecified atom stereocenters. The lowest BCUT2D eigenvalue weighted by Gasteiger charge is -2.29. The van der Waals surface area contributed by atoms with E-state index in [4.69, 9.17) is 0 Å². The van der Waals surface area contributed by atoms with Crippen molar-refractivity contribution in [1.82, 2.24) is 10.2 Å². The number of anilines is 2. The summed E-state index contributed by atoms with van der Waals surface area (Å²) >= 11 is 2.08. The van der Waals surface area contributed by atoms with Crippen molar-refractivity contribution in [3.63, 3.8) is 0 Å². The number of hydrogen-bond acceptors (Lipinski definition) is 11. The number of non-ortho nitro benzene ring substituents is 1. The Morgan fingerprint density at radius 3 is 2.68 bits per heavy atom. The number of benzene rings is 1. The van der Waals surface area contributed by atoms with Crippen LogP contribution in [0.3, 0.4) is 0 Å². The minimum atomic E-state index is -3.96. The molecule has 2 rings (SSSR count). The summed E-state index contributed by atoms with van der Waals surface area (Å²) in [4.78, 5) is 34.5. The molecular weight excluding hydrogens is 470 g/mol. The van der Waals surface area contributed by atoms with E-state index in [1.54, 1.807) is 6.92 Å². The minimum absolute atomic E-state index is 0.00899. The van der Waals surface area contributed by atoms with E-state index in [-0.39, 0.29) is 28.7 Å². The molecule has 0 aliphatic carbocycles. The molecule has 12 nitrogen and oxygen atoms in total. The first-order chi connectivity index (χ1) is 14.6. The quantitative estimate of drug-likeness (QED) is 0.171.